The van der Waals surface area contributed by atoms with Crippen LogP contribution in [0.15, 0.2) is 76.3 Å². The summed E-state index contributed by atoms with van der Waals surface area (Å²) in [4.78, 5) is 22.1. The number of ether oxygens (including phenoxy) is 1. The zero-order valence-electron chi connectivity index (χ0n) is 15.4. The van der Waals surface area contributed by atoms with E-state index in [1.54, 1.807) is 30.3 Å². The zero-order chi connectivity index (χ0) is 21.5. The molecule has 3 rings (SSSR count). The number of nitrogens with zero attached hydrogens (tertiary/aromatic N) is 2. The van der Waals surface area contributed by atoms with Crippen molar-refractivity contribution in [2.45, 2.75) is 6.61 Å². The number of halogens is 2. The van der Waals surface area contributed by atoms with Gasteiger partial charge in [0.25, 0.3) is 11.6 Å². The Kier molecular flexibility index (Phi) is 6.87. The summed E-state index contributed by atoms with van der Waals surface area (Å²) in [5, 5.41) is 14.5. The van der Waals surface area contributed by atoms with Gasteiger partial charge in [0.1, 0.15) is 18.2 Å². The van der Waals surface area contributed by atoms with Crippen LogP contribution in [0.3, 0.4) is 0 Å². The van der Waals surface area contributed by atoms with E-state index in [1.165, 1.54) is 42.6 Å². The van der Waals surface area contributed by atoms with Crippen molar-refractivity contribution in [2.75, 3.05) is 0 Å². The van der Waals surface area contributed by atoms with Gasteiger partial charge in [0.05, 0.1) is 15.6 Å². The fourth-order valence-electron chi connectivity index (χ4n) is 2.42. The summed E-state index contributed by atoms with van der Waals surface area (Å²) in [7, 11) is 0. The Hall–Kier alpha value is -3.59. The second-order valence-electron chi connectivity index (χ2n) is 6.11. The first kappa shape index (κ1) is 21.1. The maximum atomic E-state index is 12.9. The van der Waals surface area contributed by atoms with Crippen molar-refractivity contribution in [3.8, 4) is 5.75 Å². The van der Waals surface area contributed by atoms with Crippen LogP contribution in [0.5, 0.6) is 5.75 Å². The molecule has 30 heavy (non-hydrogen) atoms. The lowest BCUT2D eigenvalue weighted by molar-refractivity contribution is -0.384. The van der Waals surface area contributed by atoms with Crippen molar-refractivity contribution < 1.29 is 18.8 Å². The van der Waals surface area contributed by atoms with Gasteiger partial charge < -0.3 is 4.74 Å². The highest BCUT2D eigenvalue weighted by atomic mass is 79.9. The van der Waals surface area contributed by atoms with E-state index in [-0.39, 0.29) is 23.7 Å². The van der Waals surface area contributed by atoms with Crippen molar-refractivity contribution in [1.82, 2.24) is 5.43 Å². The third kappa shape index (κ3) is 5.71. The normalized spacial score (nSPS) is 10.7. The quantitative estimate of drug-likeness (QED) is 0.303. The molecule has 0 spiro atoms. The number of non-ortho nitro benzene ring substituents is 1. The minimum Gasteiger partial charge on any atom is -0.488 e. The van der Waals surface area contributed by atoms with Gasteiger partial charge in [-0.25, -0.2) is 9.82 Å². The summed E-state index contributed by atoms with van der Waals surface area (Å²) in [5.41, 5.74) is 4.07. The number of nitrogens with one attached hydrogen (secondary N) is 1. The minimum atomic E-state index is -0.537. The van der Waals surface area contributed by atoms with Crippen LogP contribution in [-0.2, 0) is 6.61 Å². The number of hydrazone groups is 1. The first-order valence-electron chi connectivity index (χ1n) is 8.67. The molecule has 0 saturated carbocycles. The fraction of sp³-hybridized carbons (Fsp3) is 0.0476. The van der Waals surface area contributed by atoms with Gasteiger partial charge in [0, 0.05) is 17.7 Å². The molecule has 0 aliphatic heterocycles. The summed E-state index contributed by atoms with van der Waals surface area (Å²) in [6.45, 7) is 0.289. The molecule has 0 aliphatic rings. The van der Waals surface area contributed by atoms with Crippen LogP contribution in [-0.4, -0.2) is 17.0 Å². The predicted octanol–water partition coefficient (Wildman–Crippen LogP) is 4.84. The van der Waals surface area contributed by atoms with E-state index in [4.69, 9.17) is 4.74 Å². The Morgan fingerprint density at radius 1 is 1.13 bits per heavy atom. The molecule has 0 unspecified atom stereocenters. The smallest absolute Gasteiger partial charge is 0.271 e. The van der Waals surface area contributed by atoms with Crippen LogP contribution < -0.4 is 10.2 Å². The number of nitro groups is 1. The molecule has 152 valence electrons. The second-order valence-corrected chi connectivity index (χ2v) is 6.96. The number of carbonyl (C=O) groups excluding carboxylic acids is 1. The largest absolute Gasteiger partial charge is 0.488 e. The molecule has 0 aliphatic carbocycles. The van der Waals surface area contributed by atoms with Crippen molar-refractivity contribution >= 4 is 33.7 Å². The molecule has 0 atom stereocenters. The van der Waals surface area contributed by atoms with E-state index in [2.05, 4.69) is 26.5 Å². The molecule has 0 radical (unpaired) electrons. The van der Waals surface area contributed by atoms with Crippen molar-refractivity contribution in [2.24, 2.45) is 5.10 Å². The topological polar surface area (TPSA) is 93.8 Å². The first-order valence-corrected chi connectivity index (χ1v) is 9.46. The maximum absolute atomic E-state index is 12.9. The predicted molar refractivity (Wildman–Crippen MR) is 113 cm³/mol. The van der Waals surface area contributed by atoms with Crippen LogP contribution in [0.1, 0.15) is 21.5 Å². The lowest BCUT2D eigenvalue weighted by atomic mass is 10.2. The van der Waals surface area contributed by atoms with Crippen molar-refractivity contribution in [1.29, 1.82) is 0 Å². The number of nitro benzene ring substituents is 1. The van der Waals surface area contributed by atoms with Gasteiger partial charge >= 0.3 is 0 Å². The first-order chi connectivity index (χ1) is 14.4. The third-order valence-corrected chi connectivity index (χ3v) is 4.60. The number of benzene rings is 3. The van der Waals surface area contributed by atoms with Gasteiger partial charge in [-0.05, 0) is 69.5 Å². The Balaban J connectivity index is 1.56. The molecule has 1 amide bonds. The minimum absolute atomic E-state index is 0.0957. The van der Waals surface area contributed by atoms with Crippen molar-refractivity contribution in [3.63, 3.8) is 0 Å². The van der Waals surface area contributed by atoms with Gasteiger partial charge in [0.15, 0.2) is 0 Å². The lowest BCUT2D eigenvalue weighted by Crippen LogP contribution is -2.17. The van der Waals surface area contributed by atoms with Crippen LogP contribution in [0.4, 0.5) is 10.1 Å². The van der Waals surface area contributed by atoms with Gasteiger partial charge in [-0.2, -0.15) is 5.10 Å². The highest BCUT2D eigenvalue weighted by Crippen LogP contribution is 2.26. The number of hydrogen-bond acceptors (Lipinski definition) is 5. The Labute approximate surface area is 179 Å². The fourth-order valence-corrected chi connectivity index (χ4v) is 2.93. The number of hydrogen-bond donors (Lipinski definition) is 1. The van der Waals surface area contributed by atoms with Gasteiger partial charge in [-0.3, -0.25) is 14.9 Å². The molecule has 3 aromatic carbocycles. The Morgan fingerprint density at radius 2 is 1.83 bits per heavy atom. The lowest BCUT2D eigenvalue weighted by Gasteiger charge is -2.09. The van der Waals surface area contributed by atoms with E-state index >= 15 is 0 Å². The highest BCUT2D eigenvalue weighted by molar-refractivity contribution is 9.10. The standard InChI is InChI=1S/C21H15BrFN3O4/c22-19-11-15(3-10-20(19)30-13-14-1-6-17(23)7-2-14)12-24-25-21(27)16-4-8-18(9-5-16)26(28)29/h1-12H,13H2,(H,25,27)/b24-12-. The zero-order valence-corrected chi connectivity index (χ0v) is 17.0. The van der Waals surface area contributed by atoms with E-state index in [1.807, 2.05) is 0 Å². The highest BCUT2D eigenvalue weighted by Gasteiger charge is 2.08. The van der Waals surface area contributed by atoms with Gasteiger partial charge in [-0.15, -0.1) is 0 Å². The van der Waals surface area contributed by atoms with E-state index < -0.39 is 10.8 Å². The van der Waals surface area contributed by atoms with Crippen LogP contribution in [0.2, 0.25) is 0 Å². The van der Waals surface area contributed by atoms with Gasteiger partial charge in [0.2, 0.25) is 0 Å². The van der Waals surface area contributed by atoms with Crippen LogP contribution in [0.25, 0.3) is 0 Å². The SMILES string of the molecule is O=C(N/N=C\c1ccc(OCc2ccc(F)cc2)c(Br)c1)c1ccc([N+](=O)[O-])cc1. The molecule has 0 saturated heterocycles. The monoisotopic (exact) mass is 471 g/mol. The molecule has 9 heteroatoms. The average molecular weight is 472 g/mol. The third-order valence-electron chi connectivity index (χ3n) is 3.98. The molecule has 7 nitrogen and oxygen atoms in total. The average Bonchev–Trinajstić information content (AvgIpc) is 2.74. The summed E-state index contributed by atoms with van der Waals surface area (Å²) < 4.78 is 19.3. The Bertz CT molecular complexity index is 1090. The van der Waals surface area contributed by atoms with Crippen molar-refractivity contribution in [3.05, 3.63) is 104 Å². The van der Waals surface area contributed by atoms with E-state index in [0.29, 0.717) is 15.8 Å². The number of amides is 1. The summed E-state index contributed by atoms with van der Waals surface area (Å²) in [5.74, 6) is -0.185. The van der Waals surface area contributed by atoms with E-state index in [9.17, 15) is 19.3 Å². The Morgan fingerprint density at radius 3 is 2.47 bits per heavy atom. The molecule has 3 aromatic rings. The van der Waals surface area contributed by atoms with Crippen LogP contribution in [0, 0.1) is 15.9 Å². The molecular weight excluding hydrogens is 457 g/mol. The molecule has 0 aromatic heterocycles. The second kappa shape index (κ2) is 9.75. The molecule has 0 bridgehead atoms. The molecule has 0 heterocycles. The molecule has 1 N–H and O–H groups in total. The molecular formula is C21H15BrFN3O4. The number of rotatable bonds is 7. The summed E-state index contributed by atoms with van der Waals surface area (Å²) in [6.07, 6.45) is 1.46. The van der Waals surface area contributed by atoms with Crippen LogP contribution >= 0.6 is 15.9 Å². The summed E-state index contributed by atoms with van der Waals surface area (Å²) in [6, 6.07) is 16.5. The molecule has 0 fully saturated rings. The number of carbonyl (C=O) groups is 1. The summed E-state index contributed by atoms with van der Waals surface area (Å²) >= 11 is 3.42. The van der Waals surface area contributed by atoms with E-state index in [0.717, 1.165) is 5.56 Å². The maximum Gasteiger partial charge on any atom is 0.271 e. The van der Waals surface area contributed by atoms with Gasteiger partial charge in [-0.1, -0.05) is 12.1 Å².